The van der Waals surface area contributed by atoms with Gasteiger partial charge in [0.25, 0.3) is 0 Å². The van der Waals surface area contributed by atoms with E-state index in [1.165, 1.54) is 32.9 Å². The average molecular weight is 924 g/mol. The number of alkyl halides is 3. The second-order valence-corrected chi connectivity index (χ2v) is 18.1. The van der Waals surface area contributed by atoms with Crippen molar-refractivity contribution >= 4 is 102 Å². The van der Waals surface area contributed by atoms with Crippen LogP contribution in [-0.4, -0.2) is 80.8 Å². The average Bonchev–Trinajstić information content (AvgIpc) is 4.00. The molecule has 3 heterocycles. The van der Waals surface area contributed by atoms with E-state index in [-0.39, 0.29) is 111 Å². The van der Waals surface area contributed by atoms with Crippen molar-refractivity contribution in [2.75, 3.05) is 52.0 Å². The maximum absolute atomic E-state index is 14.3. The number of hydrogen-bond acceptors (Lipinski definition) is 8. The Bertz CT molecular complexity index is 2600. The zero-order valence-corrected chi connectivity index (χ0v) is 37.0. The predicted octanol–water partition coefficient (Wildman–Crippen LogP) is 10.0. The first-order chi connectivity index (χ1) is 30.9. The Morgan fingerprint density at radius 3 is 1.05 bits per heavy atom. The second-order valence-electron chi connectivity index (χ2n) is 17.2. The van der Waals surface area contributed by atoms with Gasteiger partial charge in [-0.15, -0.1) is 34.8 Å². The van der Waals surface area contributed by atoms with Gasteiger partial charge in [0.2, 0.25) is 23.3 Å². The summed E-state index contributed by atoms with van der Waals surface area (Å²) in [7, 11) is 0. The summed E-state index contributed by atoms with van der Waals surface area (Å²) in [6, 6.07) is 26.5. The molecule has 0 aromatic heterocycles. The lowest BCUT2D eigenvalue weighted by atomic mass is 9.83. The third kappa shape index (κ3) is 7.29. The molecule has 64 heavy (non-hydrogen) atoms. The first kappa shape index (κ1) is 43.4. The van der Waals surface area contributed by atoms with Crippen LogP contribution in [0.2, 0.25) is 0 Å². The minimum absolute atomic E-state index is 0.0125. The molecule has 12 nitrogen and oxygen atoms in total. The van der Waals surface area contributed by atoms with E-state index in [2.05, 4.69) is 0 Å². The van der Waals surface area contributed by atoms with E-state index < -0.39 is 28.2 Å². The summed E-state index contributed by atoms with van der Waals surface area (Å²) in [5, 5.41) is 50.7. The first-order valence-electron chi connectivity index (χ1n) is 21.4. The fourth-order valence-corrected chi connectivity index (χ4v) is 11.2. The monoisotopic (exact) mass is 922 g/mol. The van der Waals surface area contributed by atoms with Crippen LogP contribution in [0.3, 0.4) is 0 Å². The maximum atomic E-state index is 14.3. The number of fused-ring (bicyclic) bond motifs is 9. The number of carbonyl (C=O) groups is 3. The first-order valence-corrected chi connectivity index (χ1v) is 23.0. The lowest BCUT2D eigenvalue weighted by Crippen LogP contribution is -2.43. The molecule has 0 saturated carbocycles. The van der Waals surface area contributed by atoms with Crippen LogP contribution < -0.4 is 14.7 Å². The number of nitrogens with zero attached hydrogens (tertiary/aromatic N) is 4. The molecule has 0 saturated heterocycles. The van der Waals surface area contributed by atoms with Crippen LogP contribution in [0.5, 0.6) is 17.2 Å². The van der Waals surface area contributed by atoms with Crippen molar-refractivity contribution in [2.45, 2.75) is 61.8 Å². The highest BCUT2D eigenvalue weighted by Crippen LogP contribution is 2.49. The quantitative estimate of drug-likeness (QED) is 0.0585. The van der Waals surface area contributed by atoms with Gasteiger partial charge in [0.05, 0.1) is 17.1 Å². The molecule has 0 aliphatic carbocycles. The molecular formula is C49H45Cl3N4O8. The van der Waals surface area contributed by atoms with Crippen molar-refractivity contribution in [3.05, 3.63) is 118 Å². The standard InChI is InChI=1S/C49H45Cl3N4O8/c50-22-28-25-53(37-19-40(57)31-7-1-4-10-34(31)46(28)37)43(60)13-16-49(56(63)64,17-14-44(61)54-26-29(23-51)47-35-11-5-2-8-32(35)41(58)20-38(47)54)18-15-45(62)55-27-30(24-52)48-36-12-6-3-9-33(36)42(59)21-39(48)55/h1-12,19-21,28-30,57-59H,13-18,22-27H2/t28-,29-,30-/m1/s1. The van der Waals surface area contributed by atoms with Gasteiger partial charge in [0.15, 0.2) is 0 Å². The van der Waals surface area contributed by atoms with Crippen LogP contribution in [0.15, 0.2) is 91.0 Å². The van der Waals surface area contributed by atoms with Crippen LogP contribution in [-0.2, 0) is 14.4 Å². The van der Waals surface area contributed by atoms with Gasteiger partial charge >= 0.3 is 0 Å². The van der Waals surface area contributed by atoms with E-state index in [0.29, 0.717) is 33.2 Å². The van der Waals surface area contributed by atoms with Gasteiger partial charge in [-0.2, -0.15) is 0 Å². The zero-order valence-electron chi connectivity index (χ0n) is 34.7. The van der Waals surface area contributed by atoms with E-state index in [9.17, 15) is 39.8 Å². The fraction of sp³-hybridized carbons (Fsp3) is 0.327. The highest BCUT2D eigenvalue weighted by Gasteiger charge is 2.47. The van der Waals surface area contributed by atoms with Crippen molar-refractivity contribution in [3.8, 4) is 17.2 Å². The summed E-state index contributed by atoms with van der Waals surface area (Å²) in [6.45, 7) is 0.633. The zero-order chi connectivity index (χ0) is 45.0. The number of hydrogen-bond donors (Lipinski definition) is 3. The number of anilines is 3. The van der Waals surface area contributed by atoms with E-state index in [1.807, 2.05) is 54.6 Å². The lowest BCUT2D eigenvalue weighted by molar-refractivity contribution is -0.573. The molecule has 3 amide bonds. The van der Waals surface area contributed by atoms with Crippen LogP contribution in [0.1, 0.15) is 73.0 Å². The number of phenols is 3. The Morgan fingerprint density at radius 1 is 0.531 bits per heavy atom. The Morgan fingerprint density at radius 2 is 0.797 bits per heavy atom. The van der Waals surface area contributed by atoms with Crippen molar-refractivity contribution in [3.63, 3.8) is 0 Å². The van der Waals surface area contributed by atoms with Crippen molar-refractivity contribution in [1.29, 1.82) is 0 Å². The molecule has 3 atom stereocenters. The molecule has 0 spiro atoms. The predicted molar refractivity (Wildman–Crippen MR) is 252 cm³/mol. The number of amides is 3. The lowest BCUT2D eigenvalue weighted by Gasteiger charge is -2.28. The van der Waals surface area contributed by atoms with Crippen molar-refractivity contribution < 1.29 is 34.6 Å². The maximum Gasteiger partial charge on any atom is 0.227 e. The number of benzene rings is 6. The molecule has 3 aliphatic rings. The minimum atomic E-state index is -1.92. The molecule has 330 valence electrons. The number of halogens is 3. The van der Waals surface area contributed by atoms with Crippen LogP contribution >= 0.6 is 34.8 Å². The normalized spacial score (nSPS) is 17.9. The van der Waals surface area contributed by atoms with Gasteiger partial charge in [-0.3, -0.25) is 24.5 Å². The van der Waals surface area contributed by atoms with Gasteiger partial charge in [0, 0.05) is 133 Å². The highest BCUT2D eigenvalue weighted by atomic mass is 35.5. The SMILES string of the molecule is O=C(CCC(CCC(=O)N1C[C@@H](CCl)c2c1cc(O)c1ccccc21)(CCC(=O)N1C[C@@H](CCl)c2c1cc(O)c1ccccc21)[N+](=O)[O-])N1C[C@@H](CCl)c2c1cc(O)c1ccccc21. The van der Waals surface area contributed by atoms with Gasteiger partial charge in [-0.05, 0) is 32.8 Å². The van der Waals surface area contributed by atoms with Crippen molar-refractivity contribution in [2.24, 2.45) is 0 Å². The molecule has 6 aromatic rings. The van der Waals surface area contributed by atoms with Crippen LogP contribution in [0.4, 0.5) is 17.1 Å². The summed E-state index contributed by atoms with van der Waals surface area (Å²) >= 11 is 19.4. The fourth-order valence-electron chi connectivity index (χ4n) is 10.4. The van der Waals surface area contributed by atoms with Gasteiger partial charge < -0.3 is 30.0 Å². The molecule has 3 aliphatic heterocycles. The molecule has 15 heteroatoms. The van der Waals surface area contributed by atoms with Crippen LogP contribution in [0, 0.1) is 10.1 Å². The summed E-state index contributed by atoms with van der Waals surface area (Å²) < 4.78 is 0. The van der Waals surface area contributed by atoms with Gasteiger partial charge in [0.1, 0.15) is 17.2 Å². The number of phenolic OH excluding ortho intramolecular Hbond substituents is 3. The minimum Gasteiger partial charge on any atom is -0.507 e. The summed E-state index contributed by atoms with van der Waals surface area (Å²) in [5.41, 5.74) is 1.98. The Kier molecular flexibility index (Phi) is 11.7. The summed E-state index contributed by atoms with van der Waals surface area (Å²) in [4.78, 5) is 60.6. The van der Waals surface area contributed by atoms with E-state index in [4.69, 9.17) is 34.8 Å². The molecule has 6 aromatic carbocycles. The highest BCUT2D eigenvalue weighted by molar-refractivity contribution is 6.20. The molecule has 0 radical (unpaired) electrons. The molecule has 0 unspecified atom stereocenters. The van der Waals surface area contributed by atoms with E-state index >= 15 is 0 Å². The Labute approximate surface area is 383 Å². The van der Waals surface area contributed by atoms with E-state index in [1.54, 1.807) is 18.2 Å². The summed E-state index contributed by atoms with van der Waals surface area (Å²) in [5.74, 6) is -1.47. The van der Waals surface area contributed by atoms with Gasteiger partial charge in [-0.25, -0.2) is 0 Å². The Balaban J connectivity index is 1.02. The number of carbonyl (C=O) groups excluding carboxylic acids is 3. The molecule has 0 fully saturated rings. The molecule has 0 bridgehead atoms. The second kappa shape index (κ2) is 17.3. The third-order valence-corrected chi connectivity index (χ3v) is 14.8. The Hall–Kier alpha value is -5.82. The number of nitro groups is 1. The molecular weight excluding hydrogens is 879 g/mol. The molecule has 9 rings (SSSR count). The molecule has 3 N–H and O–H groups in total. The third-order valence-electron chi connectivity index (χ3n) is 13.7. The summed E-state index contributed by atoms with van der Waals surface area (Å²) in [6.07, 6.45) is -1.79. The number of aromatic hydroxyl groups is 3. The smallest absolute Gasteiger partial charge is 0.227 e. The van der Waals surface area contributed by atoms with Gasteiger partial charge in [-0.1, -0.05) is 72.8 Å². The number of rotatable bonds is 13. The van der Waals surface area contributed by atoms with Crippen LogP contribution in [0.25, 0.3) is 32.3 Å². The topological polar surface area (TPSA) is 165 Å². The largest absolute Gasteiger partial charge is 0.507 e. The van der Waals surface area contributed by atoms with E-state index in [0.717, 1.165) is 32.8 Å². The van der Waals surface area contributed by atoms with Crippen molar-refractivity contribution in [1.82, 2.24) is 0 Å².